The fourth-order valence-corrected chi connectivity index (χ4v) is 2.77. The Labute approximate surface area is 128 Å². The van der Waals surface area contributed by atoms with Gasteiger partial charge in [0.25, 0.3) is 0 Å². The third-order valence-electron chi connectivity index (χ3n) is 3.80. The lowest BCUT2D eigenvalue weighted by Crippen LogP contribution is -2.32. The van der Waals surface area contributed by atoms with Crippen LogP contribution in [0.2, 0.25) is 0 Å². The van der Waals surface area contributed by atoms with Gasteiger partial charge in [-0.15, -0.1) is 0 Å². The van der Waals surface area contributed by atoms with Gasteiger partial charge in [0.2, 0.25) is 11.8 Å². The Morgan fingerprint density at radius 3 is 2.95 bits per heavy atom. The van der Waals surface area contributed by atoms with Gasteiger partial charge in [0, 0.05) is 19.7 Å². The molecule has 1 amide bonds. The molecule has 8 nitrogen and oxygen atoms in total. The first kappa shape index (κ1) is 14.7. The zero-order valence-electron chi connectivity index (χ0n) is 13.0. The number of nitrogens with zero attached hydrogens (tertiary/aromatic N) is 5. The van der Waals surface area contributed by atoms with Crippen LogP contribution in [0.3, 0.4) is 0 Å². The summed E-state index contributed by atoms with van der Waals surface area (Å²) in [6, 6.07) is 1.85. The Kier molecular flexibility index (Phi) is 3.93. The maximum Gasteiger partial charge on any atom is 0.239 e. The quantitative estimate of drug-likeness (QED) is 0.900. The zero-order chi connectivity index (χ0) is 15.7. The smallest absolute Gasteiger partial charge is 0.239 e. The summed E-state index contributed by atoms with van der Waals surface area (Å²) in [6.45, 7) is 5.67. The largest absolute Gasteiger partial charge is 0.339 e. The van der Waals surface area contributed by atoms with Crippen molar-refractivity contribution in [2.24, 2.45) is 7.05 Å². The average molecular weight is 304 g/mol. The molecule has 2 aromatic heterocycles. The highest BCUT2D eigenvalue weighted by Gasteiger charge is 2.29. The lowest BCUT2D eigenvalue weighted by Gasteiger charge is -2.14. The Morgan fingerprint density at radius 1 is 1.50 bits per heavy atom. The highest BCUT2D eigenvalue weighted by Crippen LogP contribution is 2.25. The Morgan fingerprint density at radius 2 is 2.32 bits per heavy atom. The molecule has 3 rings (SSSR count). The molecule has 22 heavy (non-hydrogen) atoms. The molecule has 0 saturated carbocycles. The summed E-state index contributed by atoms with van der Waals surface area (Å²) >= 11 is 0. The van der Waals surface area contributed by atoms with E-state index >= 15 is 0 Å². The molecule has 3 heterocycles. The van der Waals surface area contributed by atoms with E-state index in [-0.39, 0.29) is 11.8 Å². The van der Waals surface area contributed by atoms with Crippen LogP contribution in [0.25, 0.3) is 0 Å². The van der Waals surface area contributed by atoms with E-state index in [4.69, 9.17) is 4.52 Å². The Bertz CT molecular complexity index is 677. The zero-order valence-corrected chi connectivity index (χ0v) is 13.0. The van der Waals surface area contributed by atoms with Crippen molar-refractivity contribution < 1.29 is 9.32 Å². The molecule has 1 aliphatic heterocycles. The Hall–Kier alpha value is -2.22. The lowest BCUT2D eigenvalue weighted by molar-refractivity contribution is -0.117. The minimum absolute atomic E-state index is 0.0367. The molecular weight excluding hydrogens is 284 g/mol. The van der Waals surface area contributed by atoms with Crippen molar-refractivity contribution in [2.75, 3.05) is 25.0 Å². The maximum atomic E-state index is 12.1. The first-order valence-corrected chi connectivity index (χ1v) is 7.34. The summed E-state index contributed by atoms with van der Waals surface area (Å²) in [5.74, 6) is 2.21. The number of hydrogen-bond acceptors (Lipinski definition) is 6. The van der Waals surface area contributed by atoms with Crippen LogP contribution in [0.1, 0.15) is 29.7 Å². The van der Waals surface area contributed by atoms with Gasteiger partial charge >= 0.3 is 0 Å². The fraction of sp³-hybridized carbons (Fsp3) is 0.571. The van der Waals surface area contributed by atoms with Crippen LogP contribution in [0, 0.1) is 13.8 Å². The molecule has 8 heteroatoms. The monoisotopic (exact) mass is 304 g/mol. The van der Waals surface area contributed by atoms with Crippen molar-refractivity contribution in [3.05, 3.63) is 23.5 Å². The Balaban J connectivity index is 1.53. The first-order chi connectivity index (χ1) is 10.5. The number of nitrogens with one attached hydrogen (secondary N) is 1. The number of aryl methyl sites for hydroxylation is 3. The van der Waals surface area contributed by atoms with Gasteiger partial charge in [-0.2, -0.15) is 10.1 Å². The molecule has 0 bridgehead atoms. The predicted molar refractivity (Wildman–Crippen MR) is 79.4 cm³/mol. The minimum Gasteiger partial charge on any atom is -0.339 e. The molecule has 118 valence electrons. The van der Waals surface area contributed by atoms with E-state index in [1.807, 2.05) is 27.0 Å². The normalized spacial score (nSPS) is 18.8. The topological polar surface area (TPSA) is 89.1 Å². The van der Waals surface area contributed by atoms with Gasteiger partial charge in [-0.3, -0.25) is 14.4 Å². The van der Waals surface area contributed by atoms with Gasteiger partial charge in [0.15, 0.2) is 5.82 Å². The summed E-state index contributed by atoms with van der Waals surface area (Å²) in [5.41, 5.74) is 0.880. The van der Waals surface area contributed by atoms with Crippen LogP contribution in [0.5, 0.6) is 0 Å². The molecule has 0 unspecified atom stereocenters. The number of carbonyl (C=O) groups is 1. The molecule has 0 aliphatic carbocycles. The summed E-state index contributed by atoms with van der Waals surface area (Å²) in [5, 5.41) is 10.9. The summed E-state index contributed by atoms with van der Waals surface area (Å²) in [7, 11) is 1.81. The number of aromatic nitrogens is 4. The van der Waals surface area contributed by atoms with Crippen LogP contribution < -0.4 is 5.32 Å². The number of carbonyl (C=O) groups excluding carboxylic acids is 1. The summed E-state index contributed by atoms with van der Waals surface area (Å²) in [4.78, 5) is 18.5. The van der Waals surface area contributed by atoms with Gasteiger partial charge in [0.05, 0.1) is 18.2 Å². The molecule has 1 saturated heterocycles. The van der Waals surface area contributed by atoms with E-state index in [1.54, 1.807) is 4.68 Å². The van der Waals surface area contributed by atoms with Crippen molar-refractivity contribution >= 4 is 11.7 Å². The number of anilines is 1. The average Bonchev–Trinajstić information content (AvgIpc) is 3.12. The molecule has 1 atom stereocenters. The molecule has 2 aromatic rings. The van der Waals surface area contributed by atoms with E-state index in [9.17, 15) is 4.79 Å². The second-order valence-corrected chi connectivity index (χ2v) is 5.74. The molecule has 1 aliphatic rings. The number of likely N-dealkylation sites (tertiary alicyclic amines) is 1. The number of hydrogen-bond donors (Lipinski definition) is 1. The minimum atomic E-state index is -0.0367. The van der Waals surface area contributed by atoms with Crippen LogP contribution in [-0.4, -0.2) is 50.4 Å². The van der Waals surface area contributed by atoms with Crippen LogP contribution >= 0.6 is 0 Å². The summed E-state index contributed by atoms with van der Waals surface area (Å²) < 4.78 is 6.88. The SMILES string of the molecule is Cc1cc(NC(=O)CN2CC[C@@H](c3nc(C)no3)C2)n(C)n1. The summed E-state index contributed by atoms with van der Waals surface area (Å²) in [6.07, 6.45) is 0.930. The standard InChI is InChI=1S/C14H20N6O2/c1-9-6-12(19(3)17-9)16-13(21)8-20-5-4-11(7-20)14-15-10(2)18-22-14/h6,11H,4-5,7-8H2,1-3H3,(H,16,21)/t11-/m1/s1. The number of amides is 1. The van der Waals surface area contributed by atoms with E-state index < -0.39 is 0 Å². The van der Waals surface area contributed by atoms with E-state index in [0.29, 0.717) is 24.1 Å². The van der Waals surface area contributed by atoms with Crippen molar-refractivity contribution in [3.8, 4) is 0 Å². The van der Waals surface area contributed by atoms with Crippen molar-refractivity contribution in [3.63, 3.8) is 0 Å². The lowest BCUT2D eigenvalue weighted by atomic mass is 10.1. The van der Waals surface area contributed by atoms with Gasteiger partial charge in [-0.05, 0) is 26.8 Å². The molecule has 0 aromatic carbocycles. The van der Waals surface area contributed by atoms with Crippen molar-refractivity contribution in [1.29, 1.82) is 0 Å². The second kappa shape index (κ2) is 5.88. The third kappa shape index (κ3) is 3.16. The molecule has 0 radical (unpaired) electrons. The molecule has 0 spiro atoms. The highest BCUT2D eigenvalue weighted by atomic mass is 16.5. The van der Waals surface area contributed by atoms with Crippen molar-refractivity contribution in [1.82, 2.24) is 24.8 Å². The third-order valence-corrected chi connectivity index (χ3v) is 3.80. The van der Waals surface area contributed by atoms with E-state index in [1.165, 1.54) is 0 Å². The molecular formula is C14H20N6O2. The molecule has 1 N–H and O–H groups in total. The van der Waals surface area contributed by atoms with Gasteiger partial charge < -0.3 is 9.84 Å². The maximum absolute atomic E-state index is 12.1. The first-order valence-electron chi connectivity index (χ1n) is 7.34. The van der Waals surface area contributed by atoms with Gasteiger partial charge in [-0.25, -0.2) is 0 Å². The van der Waals surface area contributed by atoms with Crippen LogP contribution in [0.4, 0.5) is 5.82 Å². The number of rotatable bonds is 4. The van der Waals surface area contributed by atoms with Gasteiger partial charge in [0.1, 0.15) is 5.82 Å². The second-order valence-electron chi connectivity index (χ2n) is 5.74. The van der Waals surface area contributed by atoms with E-state index in [0.717, 1.165) is 25.2 Å². The fourth-order valence-electron chi connectivity index (χ4n) is 2.77. The van der Waals surface area contributed by atoms with Crippen molar-refractivity contribution in [2.45, 2.75) is 26.2 Å². The van der Waals surface area contributed by atoms with Crippen LogP contribution in [-0.2, 0) is 11.8 Å². The van der Waals surface area contributed by atoms with Crippen LogP contribution in [0.15, 0.2) is 10.6 Å². The molecule has 1 fully saturated rings. The predicted octanol–water partition coefficient (Wildman–Crippen LogP) is 0.848. The highest BCUT2D eigenvalue weighted by molar-refractivity contribution is 5.91. The van der Waals surface area contributed by atoms with Gasteiger partial charge in [-0.1, -0.05) is 5.16 Å². The van der Waals surface area contributed by atoms with E-state index in [2.05, 4.69) is 25.5 Å².